The number of likely N-dealkylation sites (tertiary alicyclic amines) is 1. The molecular formula is C37H41F5N6O2. The molecule has 0 bridgehead atoms. The van der Waals surface area contributed by atoms with Crippen molar-refractivity contribution in [3.8, 4) is 17.3 Å². The molecule has 50 heavy (non-hydrogen) atoms. The summed E-state index contributed by atoms with van der Waals surface area (Å²) < 4.78 is 81.0. The van der Waals surface area contributed by atoms with Crippen LogP contribution in [0.15, 0.2) is 30.3 Å². The molecule has 0 amide bonds. The van der Waals surface area contributed by atoms with Gasteiger partial charge in [-0.3, -0.25) is 9.64 Å². The average molecular weight is 697 g/mol. The smallest absolute Gasteiger partial charge is 0.463 e. The fraction of sp³-hybridized carbons (Fsp3) is 0.541. The Hall–Kier alpha value is -3.68. The third-order valence-corrected chi connectivity index (χ3v) is 11.1. The van der Waals surface area contributed by atoms with Crippen LogP contribution in [-0.4, -0.2) is 83.7 Å². The summed E-state index contributed by atoms with van der Waals surface area (Å²) in [6, 6.07) is 9.04. The number of hydrogen-bond acceptors (Lipinski definition) is 8. The van der Waals surface area contributed by atoms with Crippen LogP contribution in [0.25, 0.3) is 32.9 Å². The molecule has 1 N–H and O–H groups in total. The van der Waals surface area contributed by atoms with Gasteiger partial charge in [0.2, 0.25) is 0 Å². The summed E-state index contributed by atoms with van der Waals surface area (Å²) in [4.78, 5) is 18.9. The van der Waals surface area contributed by atoms with Crippen molar-refractivity contribution in [1.82, 2.24) is 25.2 Å². The second kappa shape index (κ2) is 12.8. The van der Waals surface area contributed by atoms with Gasteiger partial charge < -0.3 is 15.0 Å². The van der Waals surface area contributed by atoms with Crippen LogP contribution in [0.4, 0.5) is 27.8 Å². The molecule has 4 aromatic rings. The highest BCUT2D eigenvalue weighted by Gasteiger charge is 2.47. The van der Waals surface area contributed by atoms with Crippen LogP contribution in [0.1, 0.15) is 56.7 Å². The lowest BCUT2D eigenvalue weighted by Crippen LogP contribution is -2.57. The maximum absolute atomic E-state index is 17.1. The summed E-state index contributed by atoms with van der Waals surface area (Å²) >= 11 is 0. The summed E-state index contributed by atoms with van der Waals surface area (Å²) in [5.41, 5.74) is 1.63. The van der Waals surface area contributed by atoms with Gasteiger partial charge in [-0.25, -0.2) is 13.8 Å². The van der Waals surface area contributed by atoms with Crippen LogP contribution in [-0.2, 0) is 11.2 Å². The maximum atomic E-state index is 17.1. The molecule has 2 aromatic carbocycles. The summed E-state index contributed by atoms with van der Waals surface area (Å²) in [6.45, 7) is 6.86. The van der Waals surface area contributed by atoms with Crippen molar-refractivity contribution in [3.63, 3.8) is 0 Å². The highest BCUT2D eigenvalue weighted by Crippen LogP contribution is 2.47. The molecule has 3 aliphatic heterocycles. The summed E-state index contributed by atoms with van der Waals surface area (Å²) in [5, 5.41) is 5.62. The Balaban J connectivity index is 1.19. The van der Waals surface area contributed by atoms with Gasteiger partial charge in [-0.2, -0.15) is 9.97 Å². The number of ether oxygens (including phenoxy) is 2. The summed E-state index contributed by atoms with van der Waals surface area (Å²) in [6.07, 6.45) is -0.219. The Morgan fingerprint density at radius 3 is 2.64 bits per heavy atom. The van der Waals surface area contributed by atoms with Crippen LogP contribution in [0.5, 0.6) is 6.01 Å². The Kier molecular flexibility index (Phi) is 8.58. The van der Waals surface area contributed by atoms with Gasteiger partial charge in [-0.15, -0.1) is 13.2 Å². The van der Waals surface area contributed by atoms with E-state index in [1.807, 2.05) is 17.0 Å². The number of halogens is 5. The first-order valence-electron chi connectivity index (χ1n) is 17.7. The van der Waals surface area contributed by atoms with E-state index in [4.69, 9.17) is 19.7 Å². The van der Waals surface area contributed by atoms with Gasteiger partial charge in [0.15, 0.2) is 5.82 Å². The van der Waals surface area contributed by atoms with Gasteiger partial charge in [0, 0.05) is 55.8 Å². The first-order chi connectivity index (χ1) is 24.0. The normalized spacial score (nSPS) is 23.6. The fourth-order valence-corrected chi connectivity index (χ4v) is 8.17. The minimum Gasteiger partial charge on any atom is -0.463 e. The fourth-order valence-electron chi connectivity index (χ4n) is 8.17. The number of aryl methyl sites for hydroxylation is 2. The Morgan fingerprint density at radius 1 is 1.02 bits per heavy atom. The average Bonchev–Trinajstić information content (AvgIpc) is 3.73. The molecule has 3 atom stereocenters. The van der Waals surface area contributed by atoms with Gasteiger partial charge in [-0.05, 0) is 74.3 Å². The molecule has 4 aliphatic rings. The predicted octanol–water partition coefficient (Wildman–Crippen LogP) is 7.09. The first kappa shape index (κ1) is 33.5. The quantitative estimate of drug-likeness (QED) is 0.196. The van der Waals surface area contributed by atoms with E-state index >= 15 is 4.39 Å². The van der Waals surface area contributed by atoms with Crippen molar-refractivity contribution in [2.24, 2.45) is 5.41 Å². The number of anilines is 1. The van der Waals surface area contributed by atoms with E-state index < -0.39 is 18.3 Å². The van der Waals surface area contributed by atoms with Gasteiger partial charge in [0.25, 0.3) is 0 Å². The van der Waals surface area contributed by atoms with E-state index in [0.29, 0.717) is 65.9 Å². The van der Waals surface area contributed by atoms with E-state index in [9.17, 15) is 17.6 Å². The van der Waals surface area contributed by atoms with Crippen LogP contribution in [0, 0.1) is 24.0 Å². The SMILES string of the molecule is CC[C@@H]1CN2c3nc(OCC4(CN5CC[C@H](OC(F)(F)F)C5)CC4)nc4c(F)c(-c5cccc6ccc(F)c(C)c56)nc(c34)CCC[C@@H]2CN1. The van der Waals surface area contributed by atoms with Gasteiger partial charge >= 0.3 is 12.4 Å². The van der Waals surface area contributed by atoms with Crippen molar-refractivity contribution in [1.29, 1.82) is 0 Å². The van der Waals surface area contributed by atoms with E-state index in [-0.39, 0.29) is 53.7 Å². The van der Waals surface area contributed by atoms with E-state index in [0.717, 1.165) is 44.0 Å². The number of aromatic nitrogens is 3. The molecule has 8 rings (SSSR count). The zero-order chi connectivity index (χ0) is 34.8. The number of piperazine rings is 1. The molecule has 13 heteroatoms. The number of pyridine rings is 1. The monoisotopic (exact) mass is 696 g/mol. The van der Waals surface area contributed by atoms with Gasteiger partial charge in [0.1, 0.15) is 22.8 Å². The molecule has 0 spiro atoms. The largest absolute Gasteiger partial charge is 0.522 e. The Morgan fingerprint density at radius 2 is 1.86 bits per heavy atom. The molecule has 2 aromatic heterocycles. The lowest BCUT2D eigenvalue weighted by Gasteiger charge is -2.42. The van der Waals surface area contributed by atoms with E-state index in [1.54, 1.807) is 19.1 Å². The van der Waals surface area contributed by atoms with Gasteiger partial charge in [-0.1, -0.05) is 31.2 Å². The third kappa shape index (κ3) is 6.36. The van der Waals surface area contributed by atoms with Crippen LogP contribution in [0.3, 0.4) is 0 Å². The van der Waals surface area contributed by atoms with E-state index in [1.165, 1.54) is 6.07 Å². The second-order valence-corrected chi connectivity index (χ2v) is 14.6. The zero-order valence-electron chi connectivity index (χ0n) is 28.3. The molecule has 0 radical (unpaired) electrons. The first-order valence-corrected chi connectivity index (χ1v) is 17.7. The summed E-state index contributed by atoms with van der Waals surface area (Å²) in [7, 11) is 0. The molecule has 1 aliphatic carbocycles. The molecule has 8 nitrogen and oxygen atoms in total. The standard InChI is InChI=1S/C37H41F5N6O2/c1-3-23-17-48-24(16-43-23)7-5-9-28-30-33(31(39)32(44-28)26-8-4-6-22-10-11-27(38)21(2)29(22)26)45-35(46-34(30)48)49-20-36(13-14-36)19-47-15-12-25(18-47)50-37(40,41)42/h4,6,8,10-11,23-25,43H,3,5,7,9,12-20H2,1-2H3/t23-,24-,25+/m1/s1. The Bertz CT molecular complexity index is 1930. The van der Waals surface area contributed by atoms with Crippen molar-refractivity contribution in [2.45, 2.75) is 83.3 Å². The number of benzene rings is 2. The van der Waals surface area contributed by atoms with Crippen molar-refractivity contribution in [2.75, 3.05) is 44.2 Å². The Labute approximate surface area is 287 Å². The maximum Gasteiger partial charge on any atom is 0.522 e. The molecule has 5 heterocycles. The van der Waals surface area contributed by atoms with Gasteiger partial charge in [0.05, 0.1) is 23.8 Å². The topological polar surface area (TPSA) is 75.6 Å². The predicted molar refractivity (Wildman–Crippen MR) is 180 cm³/mol. The third-order valence-electron chi connectivity index (χ3n) is 11.1. The number of nitrogens with zero attached hydrogens (tertiary/aromatic N) is 5. The van der Waals surface area contributed by atoms with Crippen LogP contribution in [0.2, 0.25) is 0 Å². The highest BCUT2D eigenvalue weighted by molar-refractivity contribution is 6.01. The second-order valence-electron chi connectivity index (χ2n) is 14.6. The van der Waals surface area contributed by atoms with Crippen LogP contribution < -0.4 is 15.0 Å². The molecular weight excluding hydrogens is 655 g/mol. The number of fused-ring (bicyclic) bond motifs is 3. The van der Waals surface area contributed by atoms with Crippen molar-refractivity contribution < 1.29 is 31.4 Å². The molecule has 1 saturated carbocycles. The molecule has 2 saturated heterocycles. The summed E-state index contributed by atoms with van der Waals surface area (Å²) in [5.74, 6) is -0.372. The highest BCUT2D eigenvalue weighted by atomic mass is 19.4. The molecule has 266 valence electrons. The van der Waals surface area contributed by atoms with Crippen molar-refractivity contribution in [3.05, 3.63) is 53.2 Å². The lowest BCUT2D eigenvalue weighted by atomic mass is 9.94. The van der Waals surface area contributed by atoms with E-state index in [2.05, 4.69) is 21.9 Å². The minimum atomic E-state index is -4.65. The minimum absolute atomic E-state index is 0.0616. The zero-order valence-corrected chi connectivity index (χ0v) is 28.3. The molecule has 0 unspecified atom stereocenters. The number of nitrogens with one attached hydrogen (secondary N) is 1. The number of hydrogen-bond donors (Lipinski definition) is 1. The number of rotatable bonds is 8. The lowest BCUT2D eigenvalue weighted by molar-refractivity contribution is -0.340. The number of alkyl halides is 3. The molecule has 3 fully saturated rings. The van der Waals surface area contributed by atoms with Crippen LogP contribution >= 0.6 is 0 Å². The van der Waals surface area contributed by atoms with Crippen molar-refractivity contribution >= 4 is 27.5 Å².